The first-order valence-electron chi connectivity index (χ1n) is 9.58. The minimum atomic E-state index is 0.317. The van der Waals surface area contributed by atoms with Crippen molar-refractivity contribution in [3.05, 3.63) is 108 Å². The molecule has 0 radical (unpaired) electrons. The molecule has 134 valence electrons. The van der Waals surface area contributed by atoms with Crippen LogP contribution < -0.4 is 0 Å². The maximum atomic E-state index is 10.4. The fourth-order valence-electron chi connectivity index (χ4n) is 4.08. The zero-order chi connectivity index (χ0) is 18.9. The topological polar surface area (TPSA) is 20.2 Å². The molecule has 0 aliphatic carbocycles. The van der Waals surface area contributed by atoms with Crippen molar-refractivity contribution in [2.45, 2.75) is 6.42 Å². The fraction of sp³-hybridized carbons (Fsp3) is 0.0370. The second-order valence-electron chi connectivity index (χ2n) is 7.12. The minimum Gasteiger partial charge on any atom is -0.507 e. The summed E-state index contributed by atoms with van der Waals surface area (Å²) in [5.74, 6) is 0.317. The molecule has 0 aliphatic heterocycles. The van der Waals surface area contributed by atoms with Gasteiger partial charge in [0.1, 0.15) is 5.75 Å². The monoisotopic (exact) mass is 360 g/mol. The molecule has 0 saturated carbocycles. The van der Waals surface area contributed by atoms with E-state index in [1.165, 1.54) is 27.1 Å². The van der Waals surface area contributed by atoms with Gasteiger partial charge in [-0.3, -0.25) is 0 Å². The molecule has 1 heteroatoms. The molecule has 5 aromatic rings. The molecule has 0 bridgehead atoms. The third kappa shape index (κ3) is 2.82. The summed E-state index contributed by atoms with van der Waals surface area (Å²) in [6, 6.07) is 31.3. The highest BCUT2D eigenvalue weighted by Gasteiger charge is 2.07. The van der Waals surface area contributed by atoms with Crippen molar-refractivity contribution in [1.29, 1.82) is 0 Å². The van der Waals surface area contributed by atoms with Gasteiger partial charge in [0.15, 0.2) is 0 Å². The van der Waals surface area contributed by atoms with Crippen molar-refractivity contribution >= 4 is 38.4 Å². The van der Waals surface area contributed by atoms with Gasteiger partial charge < -0.3 is 5.11 Å². The van der Waals surface area contributed by atoms with E-state index in [1.54, 1.807) is 6.07 Å². The highest BCUT2D eigenvalue weighted by molar-refractivity contribution is 6.02. The predicted molar refractivity (Wildman–Crippen MR) is 120 cm³/mol. The Kier molecular flexibility index (Phi) is 4.06. The van der Waals surface area contributed by atoms with Crippen LogP contribution >= 0.6 is 0 Å². The Hall–Kier alpha value is -3.58. The van der Waals surface area contributed by atoms with Crippen LogP contribution in [0.4, 0.5) is 0 Å². The highest BCUT2D eigenvalue weighted by atomic mass is 16.3. The van der Waals surface area contributed by atoms with E-state index in [1.807, 2.05) is 24.3 Å². The van der Waals surface area contributed by atoms with Gasteiger partial charge in [0.05, 0.1) is 0 Å². The number of hydrogen-bond donors (Lipinski definition) is 1. The van der Waals surface area contributed by atoms with E-state index in [0.29, 0.717) is 5.75 Å². The minimum absolute atomic E-state index is 0.317. The van der Waals surface area contributed by atoms with E-state index in [2.05, 4.69) is 72.8 Å². The number of fused-ring (bicyclic) bond motifs is 3. The van der Waals surface area contributed by atoms with Gasteiger partial charge in [0, 0.05) is 5.56 Å². The molecular formula is C27H20O. The Morgan fingerprint density at radius 2 is 1.18 bits per heavy atom. The first-order valence-corrected chi connectivity index (χ1v) is 9.58. The summed E-state index contributed by atoms with van der Waals surface area (Å²) in [6.45, 7) is 0. The maximum absolute atomic E-state index is 10.4. The molecule has 0 atom stereocenters. The van der Waals surface area contributed by atoms with E-state index in [9.17, 15) is 5.11 Å². The summed E-state index contributed by atoms with van der Waals surface area (Å²) in [7, 11) is 0. The summed E-state index contributed by atoms with van der Waals surface area (Å²) in [5, 5.41) is 17.7. The summed E-state index contributed by atoms with van der Waals surface area (Å²) in [5.41, 5.74) is 2.20. The summed E-state index contributed by atoms with van der Waals surface area (Å²) < 4.78 is 0. The predicted octanol–water partition coefficient (Wildman–Crippen LogP) is 7.11. The average Bonchev–Trinajstić information content (AvgIpc) is 2.74. The molecule has 0 fully saturated rings. The first-order chi connectivity index (χ1) is 13.8. The zero-order valence-corrected chi connectivity index (χ0v) is 15.5. The average molecular weight is 360 g/mol. The Morgan fingerprint density at radius 3 is 1.86 bits per heavy atom. The first kappa shape index (κ1) is 16.6. The van der Waals surface area contributed by atoms with Crippen LogP contribution in [0.3, 0.4) is 0 Å². The second kappa shape index (κ2) is 6.86. The lowest BCUT2D eigenvalue weighted by atomic mass is 9.94. The van der Waals surface area contributed by atoms with Gasteiger partial charge in [0.25, 0.3) is 0 Å². The third-order valence-corrected chi connectivity index (χ3v) is 5.44. The standard InChI is InChI=1S/C27H20O/c28-27-17-16-19-8-1-4-11-22(19)26(27)15-7-14-25-23-12-5-2-9-20(23)18-21-10-3-6-13-24(21)25/h1-13,15-18,28H,14H2/b15-7+. The van der Waals surface area contributed by atoms with Gasteiger partial charge in [-0.15, -0.1) is 0 Å². The highest BCUT2D eigenvalue weighted by Crippen LogP contribution is 2.31. The summed E-state index contributed by atoms with van der Waals surface area (Å²) >= 11 is 0. The number of phenolic OH excluding ortho intramolecular Hbond substituents is 1. The number of allylic oxidation sites excluding steroid dienone is 1. The molecule has 5 rings (SSSR count). The number of rotatable bonds is 3. The normalized spacial score (nSPS) is 11.7. The molecule has 0 aromatic heterocycles. The summed E-state index contributed by atoms with van der Waals surface area (Å²) in [4.78, 5) is 0. The molecule has 0 aliphatic rings. The molecule has 0 unspecified atom stereocenters. The molecular weight excluding hydrogens is 340 g/mol. The van der Waals surface area contributed by atoms with E-state index < -0.39 is 0 Å². The SMILES string of the molecule is Oc1ccc2ccccc2c1/C=C/Cc1c2ccccc2cc2ccccc12. The van der Waals surface area contributed by atoms with E-state index in [4.69, 9.17) is 0 Å². The van der Waals surface area contributed by atoms with Crippen molar-refractivity contribution in [2.75, 3.05) is 0 Å². The molecule has 5 aromatic carbocycles. The lowest BCUT2D eigenvalue weighted by Gasteiger charge is -2.10. The number of benzene rings is 5. The van der Waals surface area contributed by atoms with Gasteiger partial charge >= 0.3 is 0 Å². The van der Waals surface area contributed by atoms with Gasteiger partial charge in [0.2, 0.25) is 0 Å². The Labute approximate surface area is 164 Å². The molecule has 0 amide bonds. The molecule has 0 saturated heterocycles. The molecule has 0 spiro atoms. The molecule has 28 heavy (non-hydrogen) atoms. The van der Waals surface area contributed by atoms with Crippen LogP contribution in [0.1, 0.15) is 11.1 Å². The quantitative estimate of drug-likeness (QED) is 0.340. The van der Waals surface area contributed by atoms with Crippen LogP contribution in [0.5, 0.6) is 5.75 Å². The Balaban J connectivity index is 1.62. The maximum Gasteiger partial charge on any atom is 0.123 e. The lowest BCUT2D eigenvalue weighted by molar-refractivity contribution is 0.475. The fourth-order valence-corrected chi connectivity index (χ4v) is 4.08. The molecule has 1 N–H and O–H groups in total. The van der Waals surface area contributed by atoms with Crippen molar-refractivity contribution in [3.8, 4) is 5.75 Å². The van der Waals surface area contributed by atoms with E-state index in [-0.39, 0.29) is 0 Å². The molecule has 1 nitrogen and oxygen atoms in total. The van der Waals surface area contributed by atoms with Gasteiger partial charge in [-0.1, -0.05) is 91.0 Å². The van der Waals surface area contributed by atoms with Gasteiger partial charge in [-0.2, -0.15) is 0 Å². The smallest absolute Gasteiger partial charge is 0.123 e. The summed E-state index contributed by atoms with van der Waals surface area (Å²) in [6.07, 6.45) is 5.02. The number of phenols is 1. The number of aromatic hydroxyl groups is 1. The van der Waals surface area contributed by atoms with Crippen molar-refractivity contribution in [3.63, 3.8) is 0 Å². The lowest BCUT2D eigenvalue weighted by Crippen LogP contribution is -1.88. The van der Waals surface area contributed by atoms with Crippen LogP contribution in [-0.4, -0.2) is 5.11 Å². The van der Waals surface area contributed by atoms with Crippen molar-refractivity contribution in [2.24, 2.45) is 0 Å². The van der Waals surface area contributed by atoms with E-state index in [0.717, 1.165) is 22.8 Å². The van der Waals surface area contributed by atoms with Crippen molar-refractivity contribution in [1.82, 2.24) is 0 Å². The van der Waals surface area contributed by atoms with Crippen LogP contribution in [0.2, 0.25) is 0 Å². The van der Waals surface area contributed by atoms with Crippen LogP contribution in [0, 0.1) is 0 Å². The molecule has 0 heterocycles. The number of hydrogen-bond acceptors (Lipinski definition) is 1. The van der Waals surface area contributed by atoms with Crippen molar-refractivity contribution < 1.29 is 5.11 Å². The second-order valence-corrected chi connectivity index (χ2v) is 7.12. The van der Waals surface area contributed by atoms with Crippen LogP contribution in [-0.2, 0) is 6.42 Å². The third-order valence-electron chi connectivity index (χ3n) is 5.44. The van der Waals surface area contributed by atoms with Gasteiger partial charge in [-0.05, 0) is 56.4 Å². The Morgan fingerprint density at radius 1 is 0.607 bits per heavy atom. The largest absolute Gasteiger partial charge is 0.507 e. The Bertz CT molecular complexity index is 1290. The van der Waals surface area contributed by atoms with Gasteiger partial charge in [-0.25, -0.2) is 0 Å². The van der Waals surface area contributed by atoms with Crippen LogP contribution in [0.25, 0.3) is 38.4 Å². The van der Waals surface area contributed by atoms with Crippen LogP contribution in [0.15, 0.2) is 97.1 Å². The zero-order valence-electron chi connectivity index (χ0n) is 15.5. The van der Waals surface area contributed by atoms with E-state index >= 15 is 0 Å².